The van der Waals surface area contributed by atoms with Crippen molar-refractivity contribution in [2.45, 2.75) is 37.6 Å². The lowest BCUT2D eigenvalue weighted by atomic mass is 9.83. The minimum Gasteiger partial charge on any atom is -0.390 e. The van der Waals surface area contributed by atoms with Gasteiger partial charge in [0.1, 0.15) is 0 Å². The summed E-state index contributed by atoms with van der Waals surface area (Å²) in [5.41, 5.74) is -4.93. The van der Waals surface area contributed by atoms with Crippen LogP contribution in [0, 0.1) is 0 Å². The van der Waals surface area contributed by atoms with E-state index in [-0.39, 0.29) is 5.56 Å². The van der Waals surface area contributed by atoms with Crippen molar-refractivity contribution in [3.8, 4) is 0 Å². The van der Waals surface area contributed by atoms with Crippen LogP contribution in [0.4, 0.5) is 13.2 Å². The molecule has 0 aromatic heterocycles. The second-order valence-corrected chi connectivity index (χ2v) is 4.71. The molecule has 1 rings (SSSR count). The summed E-state index contributed by atoms with van der Waals surface area (Å²) in [6.45, 7) is 2.46. The predicted octanol–water partition coefficient (Wildman–Crippen LogP) is 2.60. The Morgan fingerprint density at radius 1 is 1.00 bits per heavy atom. The Labute approximate surface area is 97.7 Å². The van der Waals surface area contributed by atoms with E-state index in [1.165, 1.54) is 38.1 Å². The summed E-state index contributed by atoms with van der Waals surface area (Å²) in [4.78, 5) is 0. The second-order valence-electron chi connectivity index (χ2n) is 4.71. The van der Waals surface area contributed by atoms with Crippen LogP contribution in [0.1, 0.15) is 25.8 Å². The molecule has 0 aliphatic carbocycles. The third-order valence-corrected chi connectivity index (χ3v) is 2.41. The van der Waals surface area contributed by atoms with Gasteiger partial charge in [0.25, 0.3) is 0 Å². The molecule has 0 spiro atoms. The normalized spacial score (nSPS) is 16.6. The van der Waals surface area contributed by atoms with Crippen molar-refractivity contribution in [2.24, 2.45) is 0 Å². The van der Waals surface area contributed by atoms with E-state index in [0.29, 0.717) is 0 Å². The maximum absolute atomic E-state index is 13.0. The molecule has 17 heavy (non-hydrogen) atoms. The molecule has 1 atom stereocenters. The van der Waals surface area contributed by atoms with Gasteiger partial charge >= 0.3 is 6.18 Å². The maximum Gasteiger partial charge on any atom is 0.421 e. The van der Waals surface area contributed by atoms with Crippen LogP contribution in [0.3, 0.4) is 0 Å². The molecule has 2 N–H and O–H groups in total. The molecule has 0 heterocycles. The van der Waals surface area contributed by atoms with Gasteiger partial charge in [0.05, 0.1) is 5.60 Å². The SMILES string of the molecule is CC(C)(O)CC(O)(c1ccccc1)C(F)(F)F. The van der Waals surface area contributed by atoms with E-state index in [0.717, 1.165) is 0 Å². The summed E-state index contributed by atoms with van der Waals surface area (Å²) in [7, 11) is 0. The Balaban J connectivity index is 3.22. The van der Waals surface area contributed by atoms with Crippen molar-refractivity contribution in [2.75, 3.05) is 0 Å². The molecule has 5 heteroatoms. The minimum atomic E-state index is -4.84. The van der Waals surface area contributed by atoms with Crippen LogP contribution in [0.2, 0.25) is 0 Å². The summed E-state index contributed by atoms with van der Waals surface area (Å²) in [6.07, 6.45) is -5.65. The number of hydrogen-bond donors (Lipinski definition) is 2. The Kier molecular flexibility index (Phi) is 3.55. The highest BCUT2D eigenvalue weighted by atomic mass is 19.4. The number of halogens is 3. The molecular formula is C12H15F3O2. The van der Waals surface area contributed by atoms with Crippen molar-refractivity contribution in [1.29, 1.82) is 0 Å². The smallest absolute Gasteiger partial charge is 0.390 e. The molecule has 0 aliphatic rings. The third-order valence-electron chi connectivity index (χ3n) is 2.41. The maximum atomic E-state index is 13.0. The van der Waals surface area contributed by atoms with Gasteiger partial charge in [-0.05, 0) is 19.4 Å². The molecule has 2 nitrogen and oxygen atoms in total. The lowest BCUT2D eigenvalue weighted by Crippen LogP contribution is -2.47. The molecule has 1 unspecified atom stereocenters. The minimum absolute atomic E-state index is 0.269. The van der Waals surface area contributed by atoms with Gasteiger partial charge in [-0.2, -0.15) is 13.2 Å². The Morgan fingerprint density at radius 2 is 1.47 bits per heavy atom. The highest BCUT2D eigenvalue weighted by Gasteiger charge is 2.56. The van der Waals surface area contributed by atoms with Crippen molar-refractivity contribution in [3.05, 3.63) is 35.9 Å². The molecule has 96 valence electrons. The van der Waals surface area contributed by atoms with E-state index in [2.05, 4.69) is 0 Å². The first-order valence-corrected chi connectivity index (χ1v) is 5.13. The molecule has 0 saturated carbocycles. The molecule has 0 bridgehead atoms. The van der Waals surface area contributed by atoms with Gasteiger partial charge in [-0.25, -0.2) is 0 Å². The fourth-order valence-electron chi connectivity index (χ4n) is 1.71. The van der Waals surface area contributed by atoms with Crippen molar-refractivity contribution < 1.29 is 23.4 Å². The standard InChI is InChI=1S/C12H15F3O2/c1-10(2,16)8-11(17,12(13,14)15)9-6-4-3-5-7-9/h3-7,16-17H,8H2,1-2H3. The van der Waals surface area contributed by atoms with Gasteiger partial charge in [-0.3, -0.25) is 0 Å². The van der Waals surface area contributed by atoms with Gasteiger partial charge in [-0.1, -0.05) is 30.3 Å². The molecule has 0 saturated heterocycles. The summed E-state index contributed by atoms with van der Waals surface area (Å²) >= 11 is 0. The number of aliphatic hydroxyl groups is 2. The van der Waals surface area contributed by atoms with Gasteiger partial charge in [0.15, 0.2) is 5.60 Å². The molecule has 1 aromatic carbocycles. The summed E-state index contributed by atoms with van der Waals surface area (Å²) in [6, 6.07) is 6.77. The molecule has 0 amide bonds. The van der Waals surface area contributed by atoms with Crippen LogP contribution in [0.25, 0.3) is 0 Å². The Bertz CT molecular complexity index is 368. The number of hydrogen-bond acceptors (Lipinski definition) is 2. The molecule has 0 fully saturated rings. The number of rotatable bonds is 3. The lowest BCUT2D eigenvalue weighted by molar-refractivity contribution is -0.280. The average Bonchev–Trinajstić information content (AvgIpc) is 2.14. The summed E-state index contributed by atoms with van der Waals surface area (Å²) in [5, 5.41) is 19.4. The molecule has 1 aromatic rings. The van der Waals surface area contributed by atoms with Crippen LogP contribution in [-0.4, -0.2) is 22.0 Å². The number of benzene rings is 1. The summed E-state index contributed by atoms with van der Waals surface area (Å²) in [5.74, 6) is 0. The third kappa shape index (κ3) is 3.20. The van der Waals surface area contributed by atoms with E-state index in [1.54, 1.807) is 6.07 Å². The largest absolute Gasteiger partial charge is 0.421 e. The predicted molar refractivity (Wildman–Crippen MR) is 57.3 cm³/mol. The monoisotopic (exact) mass is 248 g/mol. The molecule has 0 radical (unpaired) electrons. The van der Waals surface area contributed by atoms with Gasteiger partial charge in [-0.15, -0.1) is 0 Å². The fourth-order valence-corrected chi connectivity index (χ4v) is 1.71. The van der Waals surface area contributed by atoms with E-state index in [1.807, 2.05) is 0 Å². The first-order chi connectivity index (χ1) is 7.56. The zero-order valence-electron chi connectivity index (χ0n) is 9.62. The highest BCUT2D eigenvalue weighted by molar-refractivity contribution is 5.24. The van der Waals surface area contributed by atoms with Crippen LogP contribution < -0.4 is 0 Å². The van der Waals surface area contributed by atoms with Crippen molar-refractivity contribution in [3.63, 3.8) is 0 Å². The fraction of sp³-hybridized carbons (Fsp3) is 0.500. The molecular weight excluding hydrogens is 233 g/mol. The zero-order valence-corrected chi connectivity index (χ0v) is 9.62. The summed E-state index contributed by atoms with van der Waals surface area (Å²) < 4.78 is 38.9. The van der Waals surface area contributed by atoms with Crippen LogP contribution in [0.15, 0.2) is 30.3 Å². The Morgan fingerprint density at radius 3 is 1.82 bits per heavy atom. The van der Waals surface area contributed by atoms with Gasteiger partial charge in [0, 0.05) is 6.42 Å². The van der Waals surface area contributed by atoms with Gasteiger partial charge < -0.3 is 10.2 Å². The quantitative estimate of drug-likeness (QED) is 0.863. The van der Waals surface area contributed by atoms with Crippen LogP contribution in [0.5, 0.6) is 0 Å². The van der Waals surface area contributed by atoms with E-state index in [4.69, 9.17) is 0 Å². The topological polar surface area (TPSA) is 40.5 Å². The van der Waals surface area contributed by atoms with E-state index < -0.39 is 23.8 Å². The lowest BCUT2D eigenvalue weighted by Gasteiger charge is -2.35. The first kappa shape index (κ1) is 14.0. The Hall–Kier alpha value is -1.07. The van der Waals surface area contributed by atoms with E-state index in [9.17, 15) is 23.4 Å². The van der Waals surface area contributed by atoms with Gasteiger partial charge in [0.2, 0.25) is 0 Å². The van der Waals surface area contributed by atoms with Crippen LogP contribution >= 0.6 is 0 Å². The molecule has 0 aliphatic heterocycles. The second kappa shape index (κ2) is 4.31. The van der Waals surface area contributed by atoms with Crippen LogP contribution in [-0.2, 0) is 5.60 Å². The highest BCUT2D eigenvalue weighted by Crippen LogP contribution is 2.43. The zero-order chi connectivity index (χ0) is 13.3. The average molecular weight is 248 g/mol. The number of alkyl halides is 3. The first-order valence-electron chi connectivity index (χ1n) is 5.13. The van der Waals surface area contributed by atoms with Crippen molar-refractivity contribution >= 4 is 0 Å². The van der Waals surface area contributed by atoms with Crippen molar-refractivity contribution in [1.82, 2.24) is 0 Å². The van der Waals surface area contributed by atoms with E-state index >= 15 is 0 Å².